The maximum atomic E-state index is 15.5. The Morgan fingerprint density at radius 3 is 2.56 bits per heavy atom. The number of rotatable bonds is 10. The van der Waals surface area contributed by atoms with Crippen LogP contribution in [-0.4, -0.2) is 68.3 Å². The van der Waals surface area contributed by atoms with Gasteiger partial charge in [-0.15, -0.1) is 11.8 Å². The molecule has 1 N–H and O–H groups in total. The molecule has 0 saturated carbocycles. The Labute approximate surface area is 251 Å². The van der Waals surface area contributed by atoms with Gasteiger partial charge in [-0.05, 0) is 55.8 Å². The summed E-state index contributed by atoms with van der Waals surface area (Å²) in [5, 5.41) is 3.89. The third-order valence-electron chi connectivity index (χ3n) is 8.06. The summed E-state index contributed by atoms with van der Waals surface area (Å²) in [7, 11) is 1.31. The normalized spacial score (nSPS) is 17.3. The first-order chi connectivity index (χ1) is 20.6. The highest BCUT2D eigenvalue weighted by Crippen LogP contribution is 2.42. The molecule has 1 aromatic heterocycles. The highest BCUT2D eigenvalue weighted by molar-refractivity contribution is 7.99. The monoisotopic (exact) mass is 623 g/mol. The first-order valence-electron chi connectivity index (χ1n) is 14.2. The van der Waals surface area contributed by atoms with Crippen molar-refractivity contribution in [3.8, 4) is 16.9 Å². The summed E-state index contributed by atoms with van der Waals surface area (Å²) in [5.41, 5.74) is -1.34. The summed E-state index contributed by atoms with van der Waals surface area (Å²) >= 11 is 1.35. The van der Waals surface area contributed by atoms with E-state index in [4.69, 9.17) is 9.47 Å². The fourth-order valence-electron chi connectivity index (χ4n) is 5.81. The van der Waals surface area contributed by atoms with Crippen molar-refractivity contribution < 1.29 is 31.4 Å². The van der Waals surface area contributed by atoms with Crippen molar-refractivity contribution in [3.63, 3.8) is 0 Å². The number of aromatic nitrogens is 1. The first-order valence-corrected chi connectivity index (χ1v) is 15.2. The quantitative estimate of drug-likeness (QED) is 0.232. The van der Waals surface area contributed by atoms with Crippen LogP contribution in [0.2, 0.25) is 0 Å². The van der Waals surface area contributed by atoms with E-state index in [9.17, 15) is 22.4 Å². The highest BCUT2D eigenvalue weighted by atomic mass is 32.2. The smallest absolute Gasteiger partial charge is 0.416 e. The van der Waals surface area contributed by atoms with Crippen LogP contribution in [0.4, 0.5) is 22.0 Å². The van der Waals surface area contributed by atoms with Crippen LogP contribution in [0.15, 0.2) is 46.2 Å². The average molecular weight is 624 g/mol. The number of pyridine rings is 1. The zero-order valence-corrected chi connectivity index (χ0v) is 24.8. The molecule has 2 aliphatic rings. The van der Waals surface area contributed by atoms with Crippen LogP contribution in [0.3, 0.4) is 0 Å². The zero-order valence-electron chi connectivity index (χ0n) is 24.0. The number of fused-ring (bicyclic) bond motifs is 1. The fourth-order valence-corrected chi connectivity index (χ4v) is 7.19. The molecule has 0 bridgehead atoms. The Hall–Kier alpha value is -2.93. The minimum Gasteiger partial charge on any atom is -0.494 e. The van der Waals surface area contributed by atoms with Crippen molar-refractivity contribution >= 4 is 11.8 Å². The van der Waals surface area contributed by atoms with E-state index in [0.717, 1.165) is 57.5 Å². The van der Waals surface area contributed by atoms with Crippen LogP contribution in [0, 0.1) is 18.6 Å². The summed E-state index contributed by atoms with van der Waals surface area (Å²) in [6.07, 6.45) is -4.29. The van der Waals surface area contributed by atoms with Gasteiger partial charge in [-0.25, -0.2) is 8.78 Å². The summed E-state index contributed by atoms with van der Waals surface area (Å²) < 4.78 is 84.4. The summed E-state index contributed by atoms with van der Waals surface area (Å²) in [5.74, 6) is -1.31. The first kappa shape index (κ1) is 31.5. The van der Waals surface area contributed by atoms with E-state index in [1.165, 1.54) is 31.0 Å². The molecular weight excluding hydrogens is 589 g/mol. The Bertz CT molecular complexity index is 1520. The van der Waals surface area contributed by atoms with Gasteiger partial charge in [0.1, 0.15) is 5.82 Å². The third kappa shape index (κ3) is 6.62. The predicted octanol–water partition coefficient (Wildman–Crippen LogP) is 5.68. The molecular formula is C31H34F5N3O3S. The molecule has 1 saturated heterocycles. The number of halogens is 5. The van der Waals surface area contributed by atoms with Crippen LogP contribution >= 0.6 is 11.8 Å². The Morgan fingerprint density at radius 2 is 1.84 bits per heavy atom. The van der Waals surface area contributed by atoms with Crippen molar-refractivity contribution in [2.24, 2.45) is 0 Å². The van der Waals surface area contributed by atoms with E-state index in [1.54, 1.807) is 17.6 Å². The van der Waals surface area contributed by atoms with Gasteiger partial charge in [-0.3, -0.25) is 14.3 Å². The number of nitrogens with zero attached hydrogens (tertiary/aromatic N) is 2. The van der Waals surface area contributed by atoms with Gasteiger partial charge in [0, 0.05) is 42.9 Å². The molecule has 0 spiro atoms. The average Bonchev–Trinajstić information content (AvgIpc) is 3.40. The van der Waals surface area contributed by atoms with Gasteiger partial charge < -0.3 is 14.8 Å². The van der Waals surface area contributed by atoms with Crippen molar-refractivity contribution in [3.05, 3.63) is 80.6 Å². The van der Waals surface area contributed by atoms with Crippen molar-refractivity contribution in [1.29, 1.82) is 0 Å². The number of thioether (sulfide) groups is 1. The maximum absolute atomic E-state index is 15.5. The molecule has 1 atom stereocenters. The molecule has 0 radical (unpaired) electrons. The number of hydrogen-bond donors (Lipinski definition) is 1. The molecule has 0 amide bonds. The van der Waals surface area contributed by atoms with Crippen LogP contribution in [-0.2, 0) is 17.3 Å². The molecule has 0 aliphatic carbocycles. The number of ether oxygens (including phenoxy) is 2. The lowest BCUT2D eigenvalue weighted by Gasteiger charge is -2.26. The number of morpholine rings is 1. The molecule has 232 valence electrons. The van der Waals surface area contributed by atoms with Gasteiger partial charge in [-0.1, -0.05) is 18.2 Å². The lowest BCUT2D eigenvalue weighted by Crippen LogP contribution is -2.38. The second kappa shape index (κ2) is 13.4. The Kier molecular flexibility index (Phi) is 9.79. The summed E-state index contributed by atoms with van der Waals surface area (Å²) in [6, 6.07) is 6.97. The van der Waals surface area contributed by atoms with E-state index < -0.39 is 40.9 Å². The van der Waals surface area contributed by atoms with E-state index >= 15 is 4.39 Å². The topological polar surface area (TPSA) is 55.7 Å². The van der Waals surface area contributed by atoms with Gasteiger partial charge in [0.15, 0.2) is 11.6 Å². The lowest BCUT2D eigenvalue weighted by molar-refractivity contribution is -0.138. The lowest BCUT2D eigenvalue weighted by atomic mass is 9.92. The minimum absolute atomic E-state index is 0.0166. The molecule has 1 fully saturated rings. The largest absolute Gasteiger partial charge is 0.494 e. The molecule has 12 heteroatoms. The molecule has 3 heterocycles. The van der Waals surface area contributed by atoms with Crippen molar-refractivity contribution in [2.75, 3.05) is 58.8 Å². The zero-order chi connectivity index (χ0) is 30.7. The summed E-state index contributed by atoms with van der Waals surface area (Å²) in [4.78, 5) is 16.4. The van der Waals surface area contributed by atoms with Crippen LogP contribution in [0.1, 0.15) is 34.7 Å². The minimum atomic E-state index is -4.78. The standard InChI is InChI=1S/C31H34F5N3O3S/c1-19-22(16-23-24(31(34,35)36)7-4-8-25(23)32)30-39(29(40)27(19)21-6-3-9-26(41-2)28(21)33)20(18-43-30)17-37-10-5-11-38-12-14-42-15-13-38/h3-4,6-9,20,37H,5,10-18H2,1-2H3. The SMILES string of the molecule is COc1cccc(-c2c(C)c(Cc3c(F)cccc3C(F)(F)F)c3n(c2=O)C(CNCCCN2CCOCC2)CS3)c1F. The Balaban J connectivity index is 1.53. The van der Waals surface area contributed by atoms with E-state index in [0.29, 0.717) is 35.0 Å². The third-order valence-corrected chi connectivity index (χ3v) is 9.32. The molecule has 43 heavy (non-hydrogen) atoms. The van der Waals surface area contributed by atoms with Gasteiger partial charge in [-0.2, -0.15) is 13.2 Å². The van der Waals surface area contributed by atoms with E-state index in [-0.39, 0.29) is 22.9 Å². The van der Waals surface area contributed by atoms with Crippen LogP contribution in [0.5, 0.6) is 5.75 Å². The van der Waals surface area contributed by atoms with E-state index in [2.05, 4.69) is 10.2 Å². The van der Waals surface area contributed by atoms with Gasteiger partial charge >= 0.3 is 6.18 Å². The molecule has 2 aromatic carbocycles. The highest BCUT2D eigenvalue weighted by Gasteiger charge is 2.36. The maximum Gasteiger partial charge on any atom is 0.416 e. The van der Waals surface area contributed by atoms with Gasteiger partial charge in [0.05, 0.1) is 42.5 Å². The van der Waals surface area contributed by atoms with Crippen molar-refractivity contribution in [1.82, 2.24) is 14.8 Å². The van der Waals surface area contributed by atoms with Crippen LogP contribution < -0.4 is 15.6 Å². The van der Waals surface area contributed by atoms with Gasteiger partial charge in [0.2, 0.25) is 0 Å². The molecule has 5 rings (SSSR count). The van der Waals surface area contributed by atoms with E-state index in [1.807, 2.05) is 0 Å². The second-order valence-electron chi connectivity index (χ2n) is 10.7. The van der Waals surface area contributed by atoms with Gasteiger partial charge in [0.25, 0.3) is 5.56 Å². The fraction of sp³-hybridized carbons (Fsp3) is 0.452. The summed E-state index contributed by atoms with van der Waals surface area (Å²) in [6.45, 7) is 6.89. The second-order valence-corrected chi connectivity index (χ2v) is 11.7. The predicted molar refractivity (Wildman–Crippen MR) is 156 cm³/mol. The number of alkyl halides is 3. The van der Waals surface area contributed by atoms with Crippen LogP contribution in [0.25, 0.3) is 11.1 Å². The molecule has 3 aromatic rings. The number of hydrogen-bond acceptors (Lipinski definition) is 6. The Morgan fingerprint density at radius 1 is 1.09 bits per heavy atom. The number of methoxy groups -OCH3 is 1. The number of benzene rings is 2. The molecule has 2 aliphatic heterocycles. The number of nitrogens with one attached hydrogen (secondary N) is 1. The molecule has 6 nitrogen and oxygen atoms in total. The molecule has 1 unspecified atom stereocenters. The van der Waals surface area contributed by atoms with Crippen molar-refractivity contribution in [2.45, 2.75) is 37.0 Å².